The number of ether oxygens (including phenoxy) is 1. The fourth-order valence-corrected chi connectivity index (χ4v) is 3.55. The second kappa shape index (κ2) is 10.9. The van der Waals surface area contributed by atoms with Crippen molar-refractivity contribution in [2.75, 3.05) is 0 Å². The predicted octanol–water partition coefficient (Wildman–Crippen LogP) is 7.11. The molecule has 0 aliphatic rings. The normalized spacial score (nSPS) is 11.7. The van der Waals surface area contributed by atoms with Gasteiger partial charge in [0.15, 0.2) is 0 Å². The Kier molecular flexibility index (Phi) is 7.49. The summed E-state index contributed by atoms with van der Waals surface area (Å²) in [5.41, 5.74) is 5.44. The predicted molar refractivity (Wildman–Crippen MR) is 134 cm³/mol. The Labute approximate surface area is 207 Å². The first-order chi connectivity index (χ1) is 17.3. The zero-order valence-electron chi connectivity index (χ0n) is 19.4. The molecule has 0 atom stereocenters. The third-order valence-electron chi connectivity index (χ3n) is 5.52. The molecule has 0 aliphatic carbocycles. The van der Waals surface area contributed by atoms with Crippen LogP contribution in [0.1, 0.15) is 34.0 Å². The molecular weight excluding hydrogens is 465 g/mol. The second-order valence-electron chi connectivity index (χ2n) is 8.06. The fourth-order valence-electron chi connectivity index (χ4n) is 3.55. The van der Waals surface area contributed by atoms with Crippen LogP contribution in [0.4, 0.5) is 13.2 Å². The number of carbonyl (C=O) groups is 1. The number of amides is 1. The van der Waals surface area contributed by atoms with Crippen molar-refractivity contribution in [2.45, 2.75) is 19.7 Å². The van der Waals surface area contributed by atoms with Gasteiger partial charge in [-0.25, -0.2) is 5.43 Å². The molecule has 4 nitrogen and oxygen atoms in total. The molecule has 0 aliphatic heterocycles. The summed E-state index contributed by atoms with van der Waals surface area (Å²) in [7, 11) is 0. The van der Waals surface area contributed by atoms with Gasteiger partial charge >= 0.3 is 6.18 Å². The van der Waals surface area contributed by atoms with E-state index in [0.29, 0.717) is 12.2 Å². The molecule has 4 aromatic rings. The van der Waals surface area contributed by atoms with Crippen LogP contribution in [0.2, 0.25) is 0 Å². The number of halogens is 3. The maximum atomic E-state index is 12.9. The minimum absolute atomic E-state index is 0.261. The number of hydrogen-bond acceptors (Lipinski definition) is 3. The van der Waals surface area contributed by atoms with Crippen LogP contribution < -0.4 is 10.2 Å². The number of hydrogen-bond donors (Lipinski definition) is 1. The summed E-state index contributed by atoms with van der Waals surface area (Å²) in [6.45, 7) is 1.85. The molecule has 0 unspecified atom stereocenters. The molecule has 0 heterocycles. The van der Waals surface area contributed by atoms with Crippen molar-refractivity contribution in [3.8, 4) is 16.9 Å². The van der Waals surface area contributed by atoms with E-state index in [1.54, 1.807) is 24.3 Å². The van der Waals surface area contributed by atoms with E-state index in [2.05, 4.69) is 10.5 Å². The van der Waals surface area contributed by atoms with Crippen LogP contribution in [0, 0.1) is 0 Å². The average Bonchev–Trinajstić information content (AvgIpc) is 2.91. The Morgan fingerprint density at radius 2 is 1.53 bits per heavy atom. The highest BCUT2D eigenvalue weighted by Crippen LogP contribution is 2.31. The Morgan fingerprint density at radius 3 is 2.25 bits per heavy atom. The monoisotopic (exact) mass is 488 g/mol. The molecule has 0 saturated carbocycles. The van der Waals surface area contributed by atoms with E-state index in [-0.39, 0.29) is 11.3 Å². The van der Waals surface area contributed by atoms with E-state index < -0.39 is 17.6 Å². The summed E-state index contributed by atoms with van der Waals surface area (Å²) in [5, 5.41) is 3.96. The van der Waals surface area contributed by atoms with Crippen LogP contribution in [0.15, 0.2) is 108 Å². The molecule has 1 amide bonds. The SMILES string of the molecule is C/C(=N\NC(=O)c1ccc(COc2ccccc2-c2ccccc2)cc1)c1cccc(C(F)(F)F)c1. The molecule has 0 fully saturated rings. The summed E-state index contributed by atoms with van der Waals surface area (Å²) >= 11 is 0. The van der Waals surface area contributed by atoms with Gasteiger partial charge in [0.2, 0.25) is 0 Å². The summed E-state index contributed by atoms with van der Waals surface area (Å²) in [6, 6.07) is 29.4. The van der Waals surface area contributed by atoms with Gasteiger partial charge in [0.25, 0.3) is 5.91 Å². The van der Waals surface area contributed by atoms with Gasteiger partial charge in [-0.15, -0.1) is 0 Å². The Bertz CT molecular complexity index is 1370. The lowest BCUT2D eigenvalue weighted by atomic mass is 10.0. The highest BCUT2D eigenvalue weighted by atomic mass is 19.4. The smallest absolute Gasteiger partial charge is 0.416 e. The van der Waals surface area contributed by atoms with Crippen LogP contribution in [0.5, 0.6) is 5.75 Å². The van der Waals surface area contributed by atoms with Crippen molar-refractivity contribution in [2.24, 2.45) is 5.10 Å². The number of carbonyl (C=O) groups excluding carboxylic acids is 1. The van der Waals surface area contributed by atoms with Gasteiger partial charge in [-0.2, -0.15) is 18.3 Å². The van der Waals surface area contributed by atoms with E-state index in [1.165, 1.54) is 19.1 Å². The Balaban J connectivity index is 1.38. The highest BCUT2D eigenvalue weighted by molar-refractivity contribution is 6.01. The Morgan fingerprint density at radius 1 is 0.833 bits per heavy atom. The topological polar surface area (TPSA) is 50.7 Å². The van der Waals surface area contributed by atoms with Gasteiger partial charge in [-0.1, -0.05) is 72.8 Å². The van der Waals surface area contributed by atoms with Crippen LogP contribution >= 0.6 is 0 Å². The lowest BCUT2D eigenvalue weighted by Crippen LogP contribution is -2.19. The lowest BCUT2D eigenvalue weighted by molar-refractivity contribution is -0.137. The van der Waals surface area contributed by atoms with Gasteiger partial charge < -0.3 is 4.74 Å². The van der Waals surface area contributed by atoms with E-state index in [9.17, 15) is 18.0 Å². The number of rotatable bonds is 7. The number of nitrogens with one attached hydrogen (secondary N) is 1. The summed E-state index contributed by atoms with van der Waals surface area (Å²) in [5.74, 6) is 0.285. The molecule has 36 heavy (non-hydrogen) atoms. The van der Waals surface area contributed by atoms with Crippen molar-refractivity contribution in [3.63, 3.8) is 0 Å². The molecule has 1 N–H and O–H groups in total. The largest absolute Gasteiger partial charge is 0.488 e. The van der Waals surface area contributed by atoms with Crippen LogP contribution in [-0.2, 0) is 12.8 Å². The third kappa shape index (κ3) is 6.18. The molecule has 7 heteroatoms. The van der Waals surface area contributed by atoms with Gasteiger partial charge in [0.05, 0.1) is 11.3 Å². The number of alkyl halides is 3. The van der Waals surface area contributed by atoms with Crippen LogP contribution in [0.3, 0.4) is 0 Å². The van der Waals surface area contributed by atoms with Gasteiger partial charge in [-0.05, 0) is 53.9 Å². The van der Waals surface area contributed by atoms with Crippen molar-refractivity contribution in [1.29, 1.82) is 0 Å². The molecule has 182 valence electrons. The zero-order chi connectivity index (χ0) is 25.5. The third-order valence-corrected chi connectivity index (χ3v) is 5.52. The zero-order valence-corrected chi connectivity index (χ0v) is 19.4. The van der Waals surface area contributed by atoms with Crippen molar-refractivity contribution in [3.05, 3.63) is 125 Å². The van der Waals surface area contributed by atoms with Gasteiger partial charge in [0, 0.05) is 11.1 Å². The number of hydrazone groups is 1. The summed E-state index contributed by atoms with van der Waals surface area (Å²) in [4.78, 5) is 12.5. The van der Waals surface area contributed by atoms with Crippen molar-refractivity contribution < 1.29 is 22.7 Å². The van der Waals surface area contributed by atoms with E-state index in [1.807, 2.05) is 54.6 Å². The summed E-state index contributed by atoms with van der Waals surface area (Å²) < 4.78 is 44.8. The Hall–Kier alpha value is -4.39. The minimum Gasteiger partial charge on any atom is -0.488 e. The number of para-hydroxylation sites is 1. The van der Waals surface area contributed by atoms with Gasteiger partial charge in [0.1, 0.15) is 12.4 Å². The molecule has 0 saturated heterocycles. The number of nitrogens with zero attached hydrogens (tertiary/aromatic N) is 1. The second-order valence-corrected chi connectivity index (χ2v) is 8.06. The molecule has 0 bridgehead atoms. The fraction of sp³-hybridized carbons (Fsp3) is 0.103. The number of benzene rings is 4. The molecule has 0 aromatic heterocycles. The first kappa shape index (κ1) is 24.7. The first-order valence-corrected chi connectivity index (χ1v) is 11.2. The minimum atomic E-state index is -4.45. The molecule has 4 aromatic carbocycles. The maximum absolute atomic E-state index is 12.9. The molecular formula is C29H23F3N2O2. The maximum Gasteiger partial charge on any atom is 0.416 e. The van der Waals surface area contributed by atoms with Crippen molar-refractivity contribution >= 4 is 11.6 Å². The van der Waals surface area contributed by atoms with Gasteiger partial charge in [-0.3, -0.25) is 4.79 Å². The quantitative estimate of drug-likeness (QED) is 0.223. The van der Waals surface area contributed by atoms with Crippen LogP contribution in [-0.4, -0.2) is 11.6 Å². The summed E-state index contributed by atoms with van der Waals surface area (Å²) in [6.07, 6.45) is -4.45. The van der Waals surface area contributed by atoms with Crippen molar-refractivity contribution in [1.82, 2.24) is 5.43 Å². The molecule has 0 radical (unpaired) electrons. The van der Waals surface area contributed by atoms with Crippen LogP contribution in [0.25, 0.3) is 11.1 Å². The highest BCUT2D eigenvalue weighted by Gasteiger charge is 2.30. The first-order valence-electron chi connectivity index (χ1n) is 11.2. The van der Waals surface area contributed by atoms with E-state index >= 15 is 0 Å². The lowest BCUT2D eigenvalue weighted by Gasteiger charge is -2.12. The average molecular weight is 489 g/mol. The molecule has 4 rings (SSSR count). The van der Waals surface area contributed by atoms with E-state index in [0.717, 1.165) is 34.6 Å². The van der Waals surface area contributed by atoms with E-state index in [4.69, 9.17) is 4.74 Å². The standard InChI is InChI=1S/C29H23F3N2O2/c1-20(24-10-7-11-25(18-24)29(30,31)32)33-34-28(35)23-16-14-21(15-17-23)19-36-27-13-6-5-12-26(27)22-8-3-2-4-9-22/h2-18H,19H2,1H3,(H,34,35)/b33-20+. The molecule has 0 spiro atoms.